The van der Waals surface area contributed by atoms with Gasteiger partial charge in [-0.1, -0.05) is 0 Å². The van der Waals surface area contributed by atoms with Crippen LogP contribution in [0.5, 0.6) is 0 Å². The maximum atomic E-state index is 11.9. The van der Waals surface area contributed by atoms with E-state index >= 15 is 0 Å². The van der Waals surface area contributed by atoms with Gasteiger partial charge in [0.15, 0.2) is 0 Å². The molecule has 4 nitrogen and oxygen atoms in total. The second kappa shape index (κ2) is 1.99. The lowest BCUT2D eigenvalue weighted by Gasteiger charge is -2.28. The van der Waals surface area contributed by atoms with Gasteiger partial charge in [-0.15, -0.1) is 0 Å². The number of aliphatic hydroxyl groups is 1. The highest BCUT2D eigenvalue weighted by Gasteiger charge is 2.71. The van der Waals surface area contributed by atoms with E-state index in [1.165, 1.54) is 0 Å². The van der Waals surface area contributed by atoms with Crippen LogP contribution in [0.1, 0.15) is 6.42 Å². The molecule has 76 valence electrons. The molecule has 2 saturated carbocycles. The SMILES string of the molecule is CN1C(=O)C2C3CC4C(OC1C42)C3O. The third-order valence-corrected chi connectivity index (χ3v) is 4.75. The molecule has 4 rings (SSSR count). The summed E-state index contributed by atoms with van der Waals surface area (Å²) in [5, 5.41) is 9.94. The number of hydrogen-bond acceptors (Lipinski definition) is 3. The van der Waals surface area contributed by atoms with E-state index < -0.39 is 0 Å². The highest BCUT2D eigenvalue weighted by atomic mass is 16.5. The maximum Gasteiger partial charge on any atom is 0.228 e. The number of fused-ring (bicyclic) bond motifs is 2. The molecule has 14 heavy (non-hydrogen) atoms. The van der Waals surface area contributed by atoms with E-state index in [-0.39, 0.29) is 36.2 Å². The Labute approximate surface area is 81.8 Å². The van der Waals surface area contributed by atoms with Crippen molar-refractivity contribution in [2.75, 3.05) is 7.05 Å². The van der Waals surface area contributed by atoms with E-state index in [4.69, 9.17) is 4.74 Å². The highest BCUT2D eigenvalue weighted by molar-refractivity contribution is 5.83. The fourth-order valence-corrected chi connectivity index (χ4v) is 4.25. The van der Waals surface area contributed by atoms with Crippen LogP contribution in [-0.4, -0.2) is 41.4 Å². The van der Waals surface area contributed by atoms with Crippen molar-refractivity contribution in [1.82, 2.24) is 4.90 Å². The van der Waals surface area contributed by atoms with Crippen molar-refractivity contribution in [1.29, 1.82) is 0 Å². The summed E-state index contributed by atoms with van der Waals surface area (Å²) in [6, 6.07) is 0. The fourth-order valence-electron chi connectivity index (χ4n) is 4.25. The molecule has 2 aliphatic carbocycles. The molecule has 2 aliphatic heterocycles. The van der Waals surface area contributed by atoms with Crippen molar-refractivity contribution in [3.05, 3.63) is 0 Å². The van der Waals surface area contributed by atoms with Gasteiger partial charge in [-0.05, 0) is 18.3 Å². The van der Waals surface area contributed by atoms with Gasteiger partial charge >= 0.3 is 0 Å². The molecule has 0 spiro atoms. The lowest BCUT2D eigenvalue weighted by Crippen LogP contribution is -2.42. The molecule has 0 aromatic heterocycles. The van der Waals surface area contributed by atoms with Crippen LogP contribution >= 0.6 is 0 Å². The van der Waals surface area contributed by atoms with Crippen molar-refractivity contribution >= 4 is 5.91 Å². The average Bonchev–Trinajstić information content (AvgIpc) is 2.78. The van der Waals surface area contributed by atoms with E-state index in [1.54, 1.807) is 4.90 Å². The molecule has 4 aliphatic rings. The third-order valence-electron chi connectivity index (χ3n) is 4.75. The molecule has 1 amide bonds. The first-order valence-electron chi connectivity index (χ1n) is 5.30. The van der Waals surface area contributed by atoms with Crippen LogP contribution in [0, 0.1) is 23.7 Å². The lowest BCUT2D eigenvalue weighted by atomic mass is 9.80. The van der Waals surface area contributed by atoms with Crippen molar-refractivity contribution in [3.8, 4) is 0 Å². The highest BCUT2D eigenvalue weighted by Crippen LogP contribution is 2.63. The van der Waals surface area contributed by atoms with Gasteiger partial charge in [-0.2, -0.15) is 0 Å². The zero-order chi connectivity index (χ0) is 9.61. The minimum absolute atomic E-state index is 0.0156. The maximum absolute atomic E-state index is 11.9. The number of rotatable bonds is 0. The number of likely N-dealkylation sites (tertiary alicyclic amines) is 1. The summed E-state index contributed by atoms with van der Waals surface area (Å²) in [5.41, 5.74) is 0. The molecule has 4 heteroatoms. The van der Waals surface area contributed by atoms with Crippen LogP contribution in [0.4, 0.5) is 0 Å². The number of carbonyl (C=O) groups is 1. The number of amides is 1. The summed E-state index contributed by atoms with van der Waals surface area (Å²) in [7, 11) is 1.82. The molecule has 7 atom stereocenters. The molecular formula is C10H13NO3. The van der Waals surface area contributed by atoms with Crippen LogP contribution in [0.2, 0.25) is 0 Å². The Morgan fingerprint density at radius 2 is 2.29 bits per heavy atom. The Morgan fingerprint density at radius 3 is 3.07 bits per heavy atom. The third kappa shape index (κ3) is 0.547. The van der Waals surface area contributed by atoms with E-state index in [2.05, 4.69) is 0 Å². The molecule has 4 fully saturated rings. The number of hydrogen-bond donors (Lipinski definition) is 1. The van der Waals surface area contributed by atoms with Crippen LogP contribution < -0.4 is 0 Å². The van der Waals surface area contributed by atoms with Crippen LogP contribution in [0.15, 0.2) is 0 Å². The minimum Gasteiger partial charge on any atom is -0.390 e. The van der Waals surface area contributed by atoms with Gasteiger partial charge in [-0.25, -0.2) is 0 Å². The zero-order valence-corrected chi connectivity index (χ0v) is 7.96. The van der Waals surface area contributed by atoms with Gasteiger partial charge in [0.2, 0.25) is 5.91 Å². The summed E-state index contributed by atoms with van der Waals surface area (Å²) >= 11 is 0. The molecule has 7 unspecified atom stereocenters. The first-order chi connectivity index (χ1) is 6.70. The minimum atomic E-state index is -0.385. The van der Waals surface area contributed by atoms with Gasteiger partial charge < -0.3 is 14.7 Å². The van der Waals surface area contributed by atoms with Crippen LogP contribution in [-0.2, 0) is 9.53 Å². The Kier molecular flexibility index (Phi) is 1.09. The topological polar surface area (TPSA) is 49.8 Å². The molecule has 0 aromatic rings. The van der Waals surface area contributed by atoms with Crippen molar-refractivity contribution in [2.24, 2.45) is 23.7 Å². The number of carbonyl (C=O) groups excluding carboxylic acids is 1. The van der Waals surface area contributed by atoms with E-state index in [0.29, 0.717) is 11.8 Å². The molecule has 0 radical (unpaired) electrons. The number of aliphatic hydroxyl groups excluding tert-OH is 1. The average molecular weight is 195 g/mol. The quantitative estimate of drug-likeness (QED) is 0.563. The summed E-state index contributed by atoms with van der Waals surface area (Å²) in [6.07, 6.45) is 0.590. The van der Waals surface area contributed by atoms with Crippen LogP contribution in [0.25, 0.3) is 0 Å². The molecule has 1 N–H and O–H groups in total. The van der Waals surface area contributed by atoms with Gasteiger partial charge in [0.05, 0.1) is 18.1 Å². The smallest absolute Gasteiger partial charge is 0.228 e. The van der Waals surface area contributed by atoms with E-state index in [0.717, 1.165) is 6.42 Å². The fraction of sp³-hybridized carbons (Fsp3) is 0.900. The van der Waals surface area contributed by atoms with Gasteiger partial charge in [0, 0.05) is 13.0 Å². The number of ether oxygens (including phenoxy) is 1. The number of nitrogens with zero attached hydrogens (tertiary/aromatic N) is 1. The van der Waals surface area contributed by atoms with Crippen molar-refractivity contribution in [3.63, 3.8) is 0 Å². The Hall–Kier alpha value is -0.610. The van der Waals surface area contributed by atoms with E-state index in [9.17, 15) is 9.90 Å². The predicted octanol–water partition coefficient (Wildman–Crippen LogP) is -0.574. The molecule has 2 bridgehead atoms. The van der Waals surface area contributed by atoms with Crippen LogP contribution in [0.3, 0.4) is 0 Å². The zero-order valence-electron chi connectivity index (χ0n) is 7.96. The van der Waals surface area contributed by atoms with Crippen molar-refractivity contribution < 1.29 is 14.6 Å². The Morgan fingerprint density at radius 1 is 1.50 bits per heavy atom. The Bertz CT molecular complexity index is 331. The largest absolute Gasteiger partial charge is 0.390 e. The normalized spacial score (nSPS) is 63.1. The summed E-state index contributed by atoms with van der Waals surface area (Å²) in [4.78, 5) is 13.6. The molecule has 2 saturated heterocycles. The second-order valence-electron chi connectivity index (χ2n) is 5.10. The monoisotopic (exact) mass is 195 g/mol. The summed E-state index contributed by atoms with van der Waals surface area (Å²) in [5.74, 6) is 1.25. The first kappa shape index (κ1) is 7.65. The lowest BCUT2D eigenvalue weighted by molar-refractivity contribution is -0.148. The standard InChI is InChI=1S/C10H13NO3/c1-11-9(13)5-3-2-4-6(5)10(11)14-8(4)7(3)12/h3-8,10,12H,2H2,1H3. The van der Waals surface area contributed by atoms with E-state index in [1.807, 2.05) is 7.05 Å². The summed E-state index contributed by atoms with van der Waals surface area (Å²) in [6.45, 7) is 0. The van der Waals surface area contributed by atoms with Gasteiger partial charge in [-0.3, -0.25) is 4.79 Å². The Balaban J connectivity index is 1.88. The van der Waals surface area contributed by atoms with Gasteiger partial charge in [0.1, 0.15) is 6.23 Å². The summed E-state index contributed by atoms with van der Waals surface area (Å²) < 4.78 is 5.78. The first-order valence-corrected chi connectivity index (χ1v) is 5.30. The second-order valence-corrected chi connectivity index (χ2v) is 5.10. The predicted molar refractivity (Wildman–Crippen MR) is 46.0 cm³/mol. The molecular weight excluding hydrogens is 182 g/mol. The van der Waals surface area contributed by atoms with Crippen molar-refractivity contribution in [2.45, 2.75) is 24.9 Å². The molecule has 0 aromatic carbocycles. The van der Waals surface area contributed by atoms with Gasteiger partial charge in [0.25, 0.3) is 0 Å². The molecule has 2 heterocycles.